The summed E-state index contributed by atoms with van der Waals surface area (Å²) in [7, 11) is 0. The Hall–Kier alpha value is -1.43. The van der Waals surface area contributed by atoms with Crippen molar-refractivity contribution in [3.63, 3.8) is 0 Å². The number of hydrogen-bond acceptors (Lipinski definition) is 6. The maximum Gasteiger partial charge on any atom is 0.316 e. The van der Waals surface area contributed by atoms with E-state index < -0.39 is 36.2 Å². The van der Waals surface area contributed by atoms with Gasteiger partial charge in [0.05, 0.1) is 6.10 Å². The zero-order chi connectivity index (χ0) is 17.4. The highest BCUT2D eigenvalue weighted by atomic mass is 16.6. The van der Waals surface area contributed by atoms with Gasteiger partial charge in [-0.1, -0.05) is 19.8 Å². The maximum atomic E-state index is 12.1. The van der Waals surface area contributed by atoms with Gasteiger partial charge in [0.2, 0.25) is 0 Å². The van der Waals surface area contributed by atoms with Gasteiger partial charge in [0, 0.05) is 13.3 Å². The predicted molar refractivity (Wildman–Crippen MR) is 83.6 cm³/mol. The summed E-state index contributed by atoms with van der Waals surface area (Å²) in [6.07, 6.45) is 2.09. The SMILES string of the molecule is CCCCC[C@H]1OC(=O)[C@@H](C)C(=O)C[C@H](OC(C)=O)CC[C@@H]1O. The lowest BCUT2D eigenvalue weighted by Gasteiger charge is -2.28. The van der Waals surface area contributed by atoms with Crippen LogP contribution >= 0.6 is 0 Å². The van der Waals surface area contributed by atoms with Crippen molar-refractivity contribution in [2.45, 2.75) is 84.0 Å². The third-order valence-electron chi connectivity index (χ3n) is 4.17. The van der Waals surface area contributed by atoms with Gasteiger partial charge in [-0.2, -0.15) is 0 Å². The van der Waals surface area contributed by atoms with Gasteiger partial charge >= 0.3 is 11.9 Å². The number of ether oxygens (including phenoxy) is 2. The van der Waals surface area contributed by atoms with Crippen LogP contribution in [0.1, 0.15) is 65.7 Å². The van der Waals surface area contributed by atoms with Gasteiger partial charge in [-0.15, -0.1) is 0 Å². The van der Waals surface area contributed by atoms with Crippen LogP contribution in [-0.2, 0) is 23.9 Å². The summed E-state index contributed by atoms with van der Waals surface area (Å²) in [5.41, 5.74) is 0. The molecule has 1 fully saturated rings. The molecule has 0 radical (unpaired) electrons. The van der Waals surface area contributed by atoms with Crippen LogP contribution in [0.4, 0.5) is 0 Å². The van der Waals surface area contributed by atoms with E-state index in [1.807, 2.05) is 0 Å². The second-order valence-electron chi connectivity index (χ2n) is 6.24. The Morgan fingerprint density at radius 3 is 2.61 bits per heavy atom. The monoisotopic (exact) mass is 328 g/mol. The van der Waals surface area contributed by atoms with E-state index in [-0.39, 0.29) is 12.2 Å². The molecule has 1 aliphatic rings. The molecule has 0 unspecified atom stereocenters. The molecule has 4 atom stereocenters. The smallest absolute Gasteiger partial charge is 0.316 e. The first-order valence-corrected chi connectivity index (χ1v) is 8.43. The fourth-order valence-electron chi connectivity index (χ4n) is 2.69. The van der Waals surface area contributed by atoms with E-state index in [0.717, 1.165) is 19.3 Å². The Labute approximate surface area is 137 Å². The molecule has 23 heavy (non-hydrogen) atoms. The molecule has 1 aliphatic heterocycles. The summed E-state index contributed by atoms with van der Waals surface area (Å²) in [6.45, 7) is 4.85. The molecule has 6 nitrogen and oxygen atoms in total. The quantitative estimate of drug-likeness (QED) is 0.472. The fourth-order valence-corrected chi connectivity index (χ4v) is 2.69. The van der Waals surface area contributed by atoms with E-state index in [0.29, 0.717) is 19.3 Å². The number of Topliss-reactive ketones (excluding diaryl/α,β-unsaturated/α-hetero) is 1. The summed E-state index contributed by atoms with van der Waals surface area (Å²) in [4.78, 5) is 35.4. The minimum atomic E-state index is -0.910. The highest BCUT2D eigenvalue weighted by molar-refractivity contribution is 5.98. The number of rotatable bonds is 5. The standard InChI is InChI=1S/C17H28O6/c1-4-5-6-7-16-14(19)9-8-13(22-12(3)18)10-15(20)11(2)17(21)23-16/h11,13-14,16,19H,4-10H2,1-3H3/t11-,13+,14-,16+/m0/s1. The largest absolute Gasteiger partial charge is 0.462 e. The Bertz CT molecular complexity index is 419. The summed E-state index contributed by atoms with van der Waals surface area (Å²) in [5.74, 6) is -2.29. The number of aliphatic hydroxyl groups is 1. The number of hydrogen-bond donors (Lipinski definition) is 1. The van der Waals surface area contributed by atoms with Gasteiger partial charge in [-0.3, -0.25) is 14.4 Å². The first-order valence-electron chi connectivity index (χ1n) is 8.43. The maximum absolute atomic E-state index is 12.1. The lowest BCUT2D eigenvalue weighted by molar-refractivity contribution is -0.164. The first-order chi connectivity index (χ1) is 10.8. The molecule has 0 bridgehead atoms. The molecule has 0 aliphatic carbocycles. The molecule has 0 aromatic carbocycles. The Morgan fingerprint density at radius 2 is 2.00 bits per heavy atom. The van der Waals surface area contributed by atoms with Crippen molar-refractivity contribution in [1.29, 1.82) is 0 Å². The molecule has 0 spiro atoms. The van der Waals surface area contributed by atoms with Crippen molar-refractivity contribution in [1.82, 2.24) is 0 Å². The van der Waals surface area contributed by atoms with Gasteiger partial charge in [-0.05, 0) is 32.6 Å². The van der Waals surface area contributed by atoms with Gasteiger partial charge < -0.3 is 14.6 Å². The molecular formula is C17H28O6. The van der Waals surface area contributed by atoms with Gasteiger partial charge in [0.15, 0.2) is 5.78 Å². The number of carbonyl (C=O) groups excluding carboxylic acids is 3. The molecule has 1 rings (SSSR count). The lowest BCUT2D eigenvalue weighted by Crippen LogP contribution is -2.38. The Morgan fingerprint density at radius 1 is 1.30 bits per heavy atom. The van der Waals surface area contributed by atoms with Crippen LogP contribution in [-0.4, -0.2) is 41.1 Å². The number of aliphatic hydroxyl groups excluding tert-OH is 1. The number of cyclic esters (lactones) is 1. The second-order valence-corrected chi connectivity index (χ2v) is 6.24. The molecular weight excluding hydrogens is 300 g/mol. The highest BCUT2D eigenvalue weighted by Gasteiger charge is 2.33. The van der Waals surface area contributed by atoms with E-state index in [2.05, 4.69) is 6.92 Å². The Balaban J connectivity index is 2.81. The Kier molecular flexibility index (Phi) is 8.23. The zero-order valence-corrected chi connectivity index (χ0v) is 14.2. The minimum absolute atomic E-state index is 0.0247. The molecule has 0 amide bonds. The molecule has 0 aromatic rings. The van der Waals surface area contributed by atoms with E-state index in [9.17, 15) is 19.5 Å². The molecule has 1 heterocycles. The van der Waals surface area contributed by atoms with Crippen molar-refractivity contribution in [3.8, 4) is 0 Å². The zero-order valence-electron chi connectivity index (χ0n) is 14.2. The topological polar surface area (TPSA) is 89.9 Å². The summed E-state index contributed by atoms with van der Waals surface area (Å²) in [6, 6.07) is 0. The average molecular weight is 328 g/mol. The lowest BCUT2D eigenvalue weighted by atomic mass is 9.94. The van der Waals surface area contributed by atoms with Crippen molar-refractivity contribution >= 4 is 17.7 Å². The van der Waals surface area contributed by atoms with Crippen molar-refractivity contribution in [2.24, 2.45) is 5.92 Å². The number of ketones is 1. The summed E-state index contributed by atoms with van der Waals surface area (Å²) >= 11 is 0. The van der Waals surface area contributed by atoms with Gasteiger partial charge in [0.1, 0.15) is 18.1 Å². The summed E-state index contributed by atoms with van der Waals surface area (Å²) in [5, 5.41) is 10.3. The molecule has 1 saturated heterocycles. The number of esters is 2. The molecule has 132 valence electrons. The van der Waals surface area contributed by atoms with Crippen LogP contribution in [0.3, 0.4) is 0 Å². The van der Waals surface area contributed by atoms with Gasteiger partial charge in [-0.25, -0.2) is 0 Å². The van der Waals surface area contributed by atoms with Crippen molar-refractivity contribution in [3.05, 3.63) is 0 Å². The first kappa shape index (κ1) is 19.6. The molecule has 0 saturated carbocycles. The third-order valence-corrected chi connectivity index (χ3v) is 4.17. The van der Waals surface area contributed by atoms with Crippen LogP contribution in [0, 0.1) is 5.92 Å². The van der Waals surface area contributed by atoms with E-state index in [1.54, 1.807) is 0 Å². The minimum Gasteiger partial charge on any atom is -0.462 e. The van der Waals surface area contributed by atoms with E-state index in [4.69, 9.17) is 9.47 Å². The second kappa shape index (κ2) is 9.65. The van der Waals surface area contributed by atoms with Crippen LogP contribution in [0.25, 0.3) is 0 Å². The highest BCUT2D eigenvalue weighted by Crippen LogP contribution is 2.22. The average Bonchev–Trinajstić information content (AvgIpc) is 2.49. The van der Waals surface area contributed by atoms with Crippen molar-refractivity contribution in [2.75, 3.05) is 0 Å². The van der Waals surface area contributed by atoms with Crippen LogP contribution < -0.4 is 0 Å². The van der Waals surface area contributed by atoms with Crippen LogP contribution in [0.2, 0.25) is 0 Å². The molecule has 0 aromatic heterocycles. The summed E-state index contributed by atoms with van der Waals surface area (Å²) < 4.78 is 10.5. The molecule has 6 heteroatoms. The normalized spacial score (nSPS) is 29.7. The van der Waals surface area contributed by atoms with Crippen LogP contribution in [0.15, 0.2) is 0 Å². The fraction of sp³-hybridized carbons (Fsp3) is 0.824. The van der Waals surface area contributed by atoms with Crippen LogP contribution in [0.5, 0.6) is 0 Å². The molecule has 1 N–H and O–H groups in total. The van der Waals surface area contributed by atoms with Crippen molar-refractivity contribution < 1.29 is 29.0 Å². The van der Waals surface area contributed by atoms with E-state index in [1.165, 1.54) is 13.8 Å². The third kappa shape index (κ3) is 6.69. The number of unbranched alkanes of at least 4 members (excludes halogenated alkanes) is 2. The predicted octanol–water partition coefficient (Wildman–Crippen LogP) is 2.16. The van der Waals surface area contributed by atoms with E-state index >= 15 is 0 Å². The van der Waals surface area contributed by atoms with Gasteiger partial charge in [0.25, 0.3) is 0 Å². The number of carbonyl (C=O) groups is 3.